The van der Waals surface area contributed by atoms with Crippen molar-refractivity contribution < 1.29 is 5.11 Å². The van der Waals surface area contributed by atoms with Gasteiger partial charge in [0.05, 0.1) is 0 Å². The van der Waals surface area contributed by atoms with Crippen LogP contribution in [0.4, 0.5) is 0 Å². The fraction of sp³-hybridized carbons (Fsp3) is 0.875. The van der Waals surface area contributed by atoms with Crippen molar-refractivity contribution in [3.05, 3.63) is 0 Å². The van der Waals surface area contributed by atoms with Crippen LogP contribution in [0.2, 0.25) is 0 Å². The van der Waals surface area contributed by atoms with E-state index in [2.05, 4.69) is 12.2 Å². The van der Waals surface area contributed by atoms with Gasteiger partial charge in [0.15, 0.2) is 0 Å². The summed E-state index contributed by atoms with van der Waals surface area (Å²) in [5.41, 5.74) is 0. The molecule has 0 aromatic carbocycles. The summed E-state index contributed by atoms with van der Waals surface area (Å²) >= 11 is 4.69. The lowest BCUT2D eigenvalue weighted by Crippen LogP contribution is -1.83. The third-order valence-electron chi connectivity index (χ3n) is 1.48. The average molecular weight is 160 g/mol. The molecule has 0 rings (SSSR count). The number of aliphatic hydroxyl groups excluding tert-OH is 1. The highest BCUT2D eigenvalue weighted by atomic mass is 32.1. The standard InChI is InChI=1S/C8H16OS/c9-7-5-3-1-2-4-6-8-10/h8-9H,1-7H2. The smallest absolute Gasteiger partial charge is 0.0431 e. The van der Waals surface area contributed by atoms with E-state index in [1.165, 1.54) is 19.3 Å². The number of aliphatic hydroxyl groups is 1. The highest BCUT2D eigenvalue weighted by molar-refractivity contribution is 7.78. The van der Waals surface area contributed by atoms with Crippen molar-refractivity contribution in [2.24, 2.45) is 0 Å². The Labute approximate surface area is 68.4 Å². The topological polar surface area (TPSA) is 20.2 Å². The van der Waals surface area contributed by atoms with Gasteiger partial charge in [-0.3, -0.25) is 0 Å². The van der Waals surface area contributed by atoms with Crippen LogP contribution >= 0.6 is 12.2 Å². The first-order chi connectivity index (χ1) is 4.91. The van der Waals surface area contributed by atoms with Crippen molar-refractivity contribution >= 4 is 17.6 Å². The summed E-state index contributed by atoms with van der Waals surface area (Å²) < 4.78 is 0. The predicted octanol–water partition coefficient (Wildman–Crippen LogP) is 2.32. The van der Waals surface area contributed by atoms with Crippen molar-refractivity contribution in [2.45, 2.75) is 38.5 Å². The Hall–Kier alpha value is 0.0500. The van der Waals surface area contributed by atoms with Gasteiger partial charge in [0.1, 0.15) is 0 Å². The summed E-state index contributed by atoms with van der Waals surface area (Å²) in [6.45, 7) is 0.340. The van der Waals surface area contributed by atoms with Crippen molar-refractivity contribution in [2.75, 3.05) is 6.61 Å². The Morgan fingerprint density at radius 3 is 2.20 bits per heavy atom. The highest BCUT2D eigenvalue weighted by Gasteiger charge is 1.87. The molecule has 0 aliphatic heterocycles. The molecule has 0 spiro atoms. The Balaban J connectivity index is 2.70. The van der Waals surface area contributed by atoms with Crippen LogP contribution in [-0.4, -0.2) is 17.1 Å². The lowest BCUT2D eigenvalue weighted by molar-refractivity contribution is 0.282. The quantitative estimate of drug-likeness (QED) is 0.455. The van der Waals surface area contributed by atoms with Crippen molar-refractivity contribution in [1.82, 2.24) is 0 Å². The molecule has 0 aromatic heterocycles. The Kier molecular flexibility index (Phi) is 9.10. The van der Waals surface area contributed by atoms with Crippen molar-refractivity contribution in [3.8, 4) is 0 Å². The minimum atomic E-state index is 0.340. The lowest BCUT2D eigenvalue weighted by atomic mass is 10.1. The number of rotatable bonds is 7. The summed E-state index contributed by atoms with van der Waals surface area (Å²) in [5, 5.41) is 10.2. The van der Waals surface area contributed by atoms with E-state index < -0.39 is 0 Å². The Morgan fingerprint density at radius 2 is 1.60 bits per heavy atom. The molecule has 0 aromatic rings. The van der Waals surface area contributed by atoms with Gasteiger partial charge in [-0.05, 0) is 24.6 Å². The number of hydrogen-bond acceptors (Lipinski definition) is 2. The molecule has 60 valence electrons. The number of thiocarbonyl (C=S) groups is 1. The van der Waals surface area contributed by atoms with Crippen LogP contribution in [0, 0.1) is 0 Å². The van der Waals surface area contributed by atoms with Crippen LogP contribution in [0.1, 0.15) is 38.5 Å². The molecule has 0 unspecified atom stereocenters. The summed E-state index contributed by atoms with van der Waals surface area (Å²) in [5.74, 6) is 0. The second-order valence-electron chi connectivity index (χ2n) is 2.45. The summed E-state index contributed by atoms with van der Waals surface area (Å²) in [6.07, 6.45) is 6.89. The highest BCUT2D eigenvalue weighted by Crippen LogP contribution is 2.03. The fourth-order valence-corrected chi connectivity index (χ4v) is 1.04. The SMILES string of the molecule is OCCCCCCCC=S. The van der Waals surface area contributed by atoms with Crippen LogP contribution in [-0.2, 0) is 0 Å². The molecule has 0 aliphatic carbocycles. The van der Waals surface area contributed by atoms with E-state index in [1.54, 1.807) is 5.37 Å². The molecule has 1 N–H and O–H groups in total. The maximum atomic E-state index is 8.45. The molecule has 0 atom stereocenters. The van der Waals surface area contributed by atoms with Crippen LogP contribution in [0.5, 0.6) is 0 Å². The fourth-order valence-electron chi connectivity index (χ4n) is 0.870. The zero-order chi connectivity index (χ0) is 7.66. The summed E-state index contributed by atoms with van der Waals surface area (Å²) in [7, 11) is 0. The van der Waals surface area contributed by atoms with Gasteiger partial charge in [-0.15, -0.1) is 0 Å². The van der Waals surface area contributed by atoms with Gasteiger partial charge in [-0.2, -0.15) is 0 Å². The van der Waals surface area contributed by atoms with Gasteiger partial charge in [-0.1, -0.05) is 31.5 Å². The van der Waals surface area contributed by atoms with E-state index in [-0.39, 0.29) is 0 Å². The van der Waals surface area contributed by atoms with Gasteiger partial charge >= 0.3 is 0 Å². The van der Waals surface area contributed by atoms with Gasteiger partial charge in [0.25, 0.3) is 0 Å². The predicted molar refractivity (Wildman–Crippen MR) is 48.4 cm³/mol. The monoisotopic (exact) mass is 160 g/mol. The zero-order valence-electron chi connectivity index (χ0n) is 6.38. The average Bonchev–Trinajstić information content (AvgIpc) is 1.97. The van der Waals surface area contributed by atoms with E-state index >= 15 is 0 Å². The van der Waals surface area contributed by atoms with Crippen molar-refractivity contribution in [3.63, 3.8) is 0 Å². The molecule has 0 radical (unpaired) electrons. The van der Waals surface area contributed by atoms with Gasteiger partial charge in [0.2, 0.25) is 0 Å². The first-order valence-electron chi connectivity index (χ1n) is 3.96. The molecule has 0 aliphatic rings. The first kappa shape index (κ1) is 10.0. The van der Waals surface area contributed by atoms with Crippen LogP contribution in [0.3, 0.4) is 0 Å². The summed E-state index contributed by atoms with van der Waals surface area (Å²) in [6, 6.07) is 0. The van der Waals surface area contributed by atoms with E-state index in [1.807, 2.05) is 0 Å². The van der Waals surface area contributed by atoms with Crippen LogP contribution in [0.25, 0.3) is 0 Å². The third-order valence-corrected chi connectivity index (χ3v) is 1.72. The Bertz CT molecular complexity index is 73.7. The van der Waals surface area contributed by atoms with E-state index in [4.69, 9.17) is 5.11 Å². The second kappa shape index (κ2) is 9.05. The molecule has 2 heteroatoms. The minimum absolute atomic E-state index is 0.340. The van der Waals surface area contributed by atoms with Gasteiger partial charge in [0, 0.05) is 6.61 Å². The van der Waals surface area contributed by atoms with Gasteiger partial charge in [-0.25, -0.2) is 0 Å². The maximum absolute atomic E-state index is 8.45. The Morgan fingerprint density at radius 1 is 1.00 bits per heavy atom. The molecule has 10 heavy (non-hydrogen) atoms. The van der Waals surface area contributed by atoms with E-state index in [0.717, 1.165) is 19.3 Å². The second-order valence-corrected chi connectivity index (χ2v) is 2.78. The molecule has 0 bridgehead atoms. The van der Waals surface area contributed by atoms with Crippen LogP contribution < -0.4 is 0 Å². The summed E-state index contributed by atoms with van der Waals surface area (Å²) in [4.78, 5) is 0. The molecule has 0 saturated heterocycles. The molecule has 1 nitrogen and oxygen atoms in total. The normalized spacial score (nSPS) is 9.70. The lowest BCUT2D eigenvalue weighted by Gasteiger charge is -1.96. The molecular weight excluding hydrogens is 144 g/mol. The maximum Gasteiger partial charge on any atom is 0.0431 e. The van der Waals surface area contributed by atoms with Crippen LogP contribution in [0.15, 0.2) is 0 Å². The molecule has 0 saturated carbocycles. The van der Waals surface area contributed by atoms with Crippen molar-refractivity contribution in [1.29, 1.82) is 0 Å². The third kappa shape index (κ3) is 8.05. The molecule has 0 amide bonds. The van der Waals surface area contributed by atoms with E-state index in [0.29, 0.717) is 6.61 Å². The minimum Gasteiger partial charge on any atom is -0.396 e. The van der Waals surface area contributed by atoms with E-state index in [9.17, 15) is 0 Å². The van der Waals surface area contributed by atoms with Gasteiger partial charge < -0.3 is 5.11 Å². The first-order valence-corrected chi connectivity index (χ1v) is 4.43. The largest absolute Gasteiger partial charge is 0.396 e. The zero-order valence-corrected chi connectivity index (χ0v) is 7.20. The number of hydrogen-bond donors (Lipinski definition) is 1. The molecular formula is C8H16OS. The molecule has 0 heterocycles. The number of unbranched alkanes of at least 4 members (excludes halogenated alkanes) is 5. The molecule has 0 fully saturated rings.